The van der Waals surface area contributed by atoms with Gasteiger partial charge in [0, 0.05) is 16.1 Å². The van der Waals surface area contributed by atoms with Crippen molar-refractivity contribution in [3.8, 4) is 0 Å². The van der Waals surface area contributed by atoms with Gasteiger partial charge in [0.05, 0.1) is 17.7 Å². The summed E-state index contributed by atoms with van der Waals surface area (Å²) in [7, 11) is 0. The maximum atomic E-state index is 12.2. The number of nitrogens with one attached hydrogen (secondary N) is 1. The van der Waals surface area contributed by atoms with Crippen LogP contribution in [0.25, 0.3) is 10.9 Å². The van der Waals surface area contributed by atoms with Gasteiger partial charge in [-0.2, -0.15) is 11.8 Å². The van der Waals surface area contributed by atoms with E-state index in [2.05, 4.69) is 33.2 Å². The van der Waals surface area contributed by atoms with Crippen LogP contribution >= 0.6 is 27.7 Å². The number of halogens is 1. The Kier molecular flexibility index (Phi) is 5.14. The van der Waals surface area contributed by atoms with Gasteiger partial charge >= 0.3 is 5.97 Å². The fraction of sp³-hybridized carbons (Fsp3) is 0.471. The van der Waals surface area contributed by atoms with Gasteiger partial charge in [0.25, 0.3) is 0 Å². The lowest BCUT2D eigenvalue weighted by Gasteiger charge is -2.13. The van der Waals surface area contributed by atoms with E-state index in [1.807, 2.05) is 24.8 Å². The van der Waals surface area contributed by atoms with Gasteiger partial charge in [-0.05, 0) is 61.3 Å². The van der Waals surface area contributed by atoms with E-state index in [0.717, 1.165) is 15.4 Å². The van der Waals surface area contributed by atoms with Crippen LogP contribution in [0.1, 0.15) is 48.0 Å². The molecule has 1 unspecified atom stereocenters. The highest BCUT2D eigenvalue weighted by molar-refractivity contribution is 9.10. The molecule has 0 spiro atoms. The summed E-state index contributed by atoms with van der Waals surface area (Å²) in [5.41, 5.74) is 2.85. The average molecular weight is 382 g/mol. The first-order valence-corrected chi connectivity index (χ1v) is 9.71. The van der Waals surface area contributed by atoms with Gasteiger partial charge in [-0.15, -0.1) is 0 Å². The van der Waals surface area contributed by atoms with Crippen LogP contribution in [0.5, 0.6) is 0 Å². The number of aromatic amines is 1. The molecule has 0 bridgehead atoms. The summed E-state index contributed by atoms with van der Waals surface area (Å²) in [6, 6.07) is 3.95. The Hall–Kier alpha value is -0.940. The Labute approximate surface area is 143 Å². The molecule has 1 aromatic carbocycles. The molecule has 0 amide bonds. The molecule has 0 saturated carbocycles. The van der Waals surface area contributed by atoms with Crippen LogP contribution in [0, 0.1) is 0 Å². The lowest BCUT2D eigenvalue weighted by molar-refractivity contribution is 0.0528. The number of hydrogen-bond donors (Lipinski definition) is 1. The monoisotopic (exact) mass is 381 g/mol. The van der Waals surface area contributed by atoms with Crippen molar-refractivity contribution in [2.24, 2.45) is 0 Å². The lowest BCUT2D eigenvalue weighted by Crippen LogP contribution is -2.05. The second kappa shape index (κ2) is 7.09. The molecule has 3 nitrogen and oxygen atoms in total. The molecule has 0 radical (unpaired) electrons. The highest BCUT2D eigenvalue weighted by Gasteiger charge is 2.21. The van der Waals surface area contributed by atoms with Crippen molar-refractivity contribution in [2.45, 2.75) is 32.1 Å². The molecule has 5 heteroatoms. The van der Waals surface area contributed by atoms with E-state index in [1.54, 1.807) is 0 Å². The number of thioether (sulfide) groups is 1. The van der Waals surface area contributed by atoms with E-state index in [-0.39, 0.29) is 5.97 Å². The molecule has 3 rings (SSSR count). The molecule has 2 heterocycles. The zero-order valence-corrected chi connectivity index (χ0v) is 15.1. The smallest absolute Gasteiger partial charge is 0.340 e. The van der Waals surface area contributed by atoms with Gasteiger partial charge in [0.1, 0.15) is 0 Å². The summed E-state index contributed by atoms with van der Waals surface area (Å²) in [6.07, 6.45) is 5.78. The summed E-state index contributed by atoms with van der Waals surface area (Å²) in [5.74, 6) is 2.79. The number of fused-ring (bicyclic) bond motifs is 1. The van der Waals surface area contributed by atoms with Gasteiger partial charge in [0.15, 0.2) is 0 Å². The lowest BCUT2D eigenvalue weighted by atomic mass is 9.91. The molecule has 1 saturated heterocycles. The first kappa shape index (κ1) is 15.9. The first-order chi connectivity index (χ1) is 10.7. The van der Waals surface area contributed by atoms with Crippen LogP contribution in [0.3, 0.4) is 0 Å². The molecule has 1 aliphatic heterocycles. The van der Waals surface area contributed by atoms with E-state index >= 15 is 0 Å². The number of hydrogen-bond acceptors (Lipinski definition) is 3. The van der Waals surface area contributed by atoms with Crippen LogP contribution in [0.15, 0.2) is 22.8 Å². The molecular weight excluding hydrogens is 362 g/mol. The minimum Gasteiger partial charge on any atom is -0.462 e. The summed E-state index contributed by atoms with van der Waals surface area (Å²) >= 11 is 5.58. The Morgan fingerprint density at radius 2 is 2.27 bits per heavy atom. The zero-order chi connectivity index (χ0) is 15.5. The number of H-pyrrole nitrogens is 1. The standard InChI is InChI=1S/C17H20BrNO2S/c1-2-21-17(20)14-9-12(18)8-13-15(10-19-16(13)14)11-4-3-6-22-7-5-11/h8-11,19H,2-7H2,1H3. The number of ether oxygens (including phenoxy) is 1. The largest absolute Gasteiger partial charge is 0.462 e. The fourth-order valence-corrected chi connectivity index (χ4v) is 4.62. The number of carbonyl (C=O) groups is 1. The van der Waals surface area contributed by atoms with Crippen molar-refractivity contribution in [3.63, 3.8) is 0 Å². The Balaban J connectivity index is 2.04. The minimum atomic E-state index is -0.265. The fourth-order valence-electron chi connectivity index (χ4n) is 3.14. The highest BCUT2D eigenvalue weighted by Crippen LogP contribution is 2.37. The molecule has 22 heavy (non-hydrogen) atoms. The van der Waals surface area contributed by atoms with Crippen LogP contribution in [0.2, 0.25) is 0 Å². The van der Waals surface area contributed by atoms with Crippen molar-refractivity contribution in [3.05, 3.63) is 33.9 Å². The van der Waals surface area contributed by atoms with Crippen molar-refractivity contribution < 1.29 is 9.53 Å². The van der Waals surface area contributed by atoms with Crippen molar-refractivity contribution in [1.82, 2.24) is 4.98 Å². The maximum absolute atomic E-state index is 12.2. The van der Waals surface area contributed by atoms with E-state index in [1.165, 1.54) is 36.3 Å². The Morgan fingerprint density at radius 3 is 3.09 bits per heavy atom. The molecular formula is C17H20BrNO2S. The summed E-state index contributed by atoms with van der Waals surface area (Å²) in [5, 5.41) is 1.15. The predicted octanol–water partition coefficient (Wildman–Crippen LogP) is 5.11. The average Bonchev–Trinajstić information content (AvgIpc) is 2.73. The number of benzene rings is 1. The summed E-state index contributed by atoms with van der Waals surface area (Å²) < 4.78 is 6.11. The first-order valence-electron chi connectivity index (χ1n) is 7.76. The van der Waals surface area contributed by atoms with E-state index in [0.29, 0.717) is 18.1 Å². The van der Waals surface area contributed by atoms with Crippen molar-refractivity contribution in [2.75, 3.05) is 18.1 Å². The number of rotatable bonds is 3. The van der Waals surface area contributed by atoms with Gasteiger partial charge in [0.2, 0.25) is 0 Å². The molecule has 0 aliphatic carbocycles. The molecule has 2 aromatic rings. The van der Waals surface area contributed by atoms with Crippen LogP contribution < -0.4 is 0 Å². The topological polar surface area (TPSA) is 42.1 Å². The minimum absolute atomic E-state index is 0.265. The Morgan fingerprint density at radius 1 is 1.41 bits per heavy atom. The molecule has 118 valence electrons. The SMILES string of the molecule is CCOC(=O)c1cc(Br)cc2c(C3CCCSCC3)c[nH]c12. The van der Waals surface area contributed by atoms with E-state index < -0.39 is 0 Å². The van der Waals surface area contributed by atoms with Gasteiger partial charge in [-0.25, -0.2) is 4.79 Å². The maximum Gasteiger partial charge on any atom is 0.340 e. The zero-order valence-electron chi connectivity index (χ0n) is 12.7. The second-order valence-electron chi connectivity index (χ2n) is 5.58. The van der Waals surface area contributed by atoms with E-state index in [4.69, 9.17) is 4.74 Å². The number of aromatic nitrogens is 1. The van der Waals surface area contributed by atoms with Crippen molar-refractivity contribution >= 4 is 44.6 Å². The van der Waals surface area contributed by atoms with E-state index in [9.17, 15) is 4.79 Å². The third-order valence-corrected chi connectivity index (χ3v) is 5.73. The highest BCUT2D eigenvalue weighted by atomic mass is 79.9. The molecule has 1 aliphatic rings. The third kappa shape index (κ3) is 3.20. The normalized spacial score (nSPS) is 19.1. The van der Waals surface area contributed by atoms with Gasteiger partial charge in [-0.1, -0.05) is 15.9 Å². The summed E-state index contributed by atoms with van der Waals surface area (Å²) in [4.78, 5) is 15.5. The quantitative estimate of drug-likeness (QED) is 0.751. The molecule has 1 N–H and O–H groups in total. The summed E-state index contributed by atoms with van der Waals surface area (Å²) in [6.45, 7) is 2.22. The third-order valence-electron chi connectivity index (χ3n) is 4.17. The van der Waals surface area contributed by atoms with Crippen LogP contribution in [-0.2, 0) is 4.74 Å². The van der Waals surface area contributed by atoms with Crippen molar-refractivity contribution in [1.29, 1.82) is 0 Å². The molecule has 1 fully saturated rings. The van der Waals surface area contributed by atoms with Crippen LogP contribution in [0.4, 0.5) is 0 Å². The number of esters is 1. The molecule has 1 atom stereocenters. The predicted molar refractivity (Wildman–Crippen MR) is 95.9 cm³/mol. The second-order valence-corrected chi connectivity index (χ2v) is 7.72. The molecule has 1 aromatic heterocycles. The number of carbonyl (C=O) groups excluding carboxylic acids is 1. The Bertz CT molecular complexity index is 675. The van der Waals surface area contributed by atoms with Gasteiger partial charge in [-0.3, -0.25) is 0 Å². The van der Waals surface area contributed by atoms with Crippen LogP contribution in [-0.4, -0.2) is 29.1 Å². The van der Waals surface area contributed by atoms with Gasteiger partial charge < -0.3 is 9.72 Å².